The van der Waals surface area contributed by atoms with Gasteiger partial charge in [-0.05, 0) is 37.9 Å². The Kier molecular flexibility index (Phi) is 9.62. The molecule has 1 N–H and O–H groups in total. The van der Waals surface area contributed by atoms with E-state index in [1.807, 2.05) is 41.1 Å². The van der Waals surface area contributed by atoms with Gasteiger partial charge in [0.1, 0.15) is 0 Å². The second kappa shape index (κ2) is 11.7. The van der Waals surface area contributed by atoms with Crippen LogP contribution in [0, 0.1) is 0 Å². The lowest BCUT2D eigenvalue weighted by Crippen LogP contribution is -2.39. The molecule has 2 amide bonds. The first-order valence-corrected chi connectivity index (χ1v) is 11.1. The van der Waals surface area contributed by atoms with Crippen LogP contribution in [0.25, 0.3) is 0 Å². The SMILES string of the molecule is CN(C(=O)CSc1ccccc1C(=O)N1CCCNCC1)C1CCCCC1.Cl. The second-order valence-electron chi connectivity index (χ2n) is 7.48. The molecule has 0 spiro atoms. The molecule has 0 radical (unpaired) electrons. The van der Waals surface area contributed by atoms with Gasteiger partial charge in [0.05, 0.1) is 11.3 Å². The van der Waals surface area contributed by atoms with Gasteiger partial charge in [0, 0.05) is 37.6 Å². The highest BCUT2D eigenvalue weighted by Gasteiger charge is 2.23. The first-order valence-electron chi connectivity index (χ1n) is 10.1. The van der Waals surface area contributed by atoms with Crippen molar-refractivity contribution in [3.05, 3.63) is 29.8 Å². The Hall–Kier alpha value is -1.24. The summed E-state index contributed by atoms with van der Waals surface area (Å²) in [7, 11) is 1.93. The Morgan fingerprint density at radius 1 is 1.11 bits per heavy atom. The molecule has 2 aliphatic rings. The van der Waals surface area contributed by atoms with E-state index in [9.17, 15) is 9.59 Å². The number of benzene rings is 1. The zero-order chi connectivity index (χ0) is 19.1. The molecule has 0 bridgehead atoms. The minimum atomic E-state index is 0. The summed E-state index contributed by atoms with van der Waals surface area (Å²) >= 11 is 1.49. The maximum Gasteiger partial charge on any atom is 0.255 e. The Morgan fingerprint density at radius 3 is 2.64 bits per heavy atom. The Bertz CT molecular complexity index is 644. The zero-order valence-electron chi connectivity index (χ0n) is 16.7. The minimum Gasteiger partial charge on any atom is -0.342 e. The molecule has 0 aromatic heterocycles. The average Bonchev–Trinajstić information content (AvgIpc) is 3.01. The van der Waals surface area contributed by atoms with Crippen LogP contribution in [-0.2, 0) is 4.79 Å². The van der Waals surface area contributed by atoms with Gasteiger partial charge in [-0.15, -0.1) is 24.2 Å². The molecule has 1 aliphatic carbocycles. The van der Waals surface area contributed by atoms with E-state index in [0.717, 1.165) is 55.9 Å². The number of carbonyl (C=O) groups is 2. The van der Waals surface area contributed by atoms with Crippen LogP contribution < -0.4 is 5.32 Å². The van der Waals surface area contributed by atoms with Crippen molar-refractivity contribution in [3.8, 4) is 0 Å². The summed E-state index contributed by atoms with van der Waals surface area (Å²) in [6, 6.07) is 8.08. The maximum absolute atomic E-state index is 13.0. The summed E-state index contributed by atoms with van der Waals surface area (Å²) in [6.45, 7) is 3.32. The quantitative estimate of drug-likeness (QED) is 0.734. The normalized spacial score (nSPS) is 18.1. The summed E-state index contributed by atoms with van der Waals surface area (Å²) in [6.07, 6.45) is 6.94. The van der Waals surface area contributed by atoms with Crippen LogP contribution in [0.5, 0.6) is 0 Å². The third-order valence-corrected chi connectivity index (χ3v) is 6.67. The number of nitrogens with zero attached hydrogens (tertiary/aromatic N) is 2. The van der Waals surface area contributed by atoms with Crippen LogP contribution in [0.4, 0.5) is 0 Å². The van der Waals surface area contributed by atoms with Gasteiger partial charge in [0.2, 0.25) is 5.91 Å². The number of halogens is 1. The molecule has 5 nitrogen and oxygen atoms in total. The first-order chi connectivity index (χ1) is 13.2. The highest BCUT2D eigenvalue weighted by molar-refractivity contribution is 8.00. The number of thioether (sulfide) groups is 1. The maximum atomic E-state index is 13.0. The van der Waals surface area contributed by atoms with Crippen molar-refractivity contribution in [1.82, 2.24) is 15.1 Å². The predicted molar refractivity (Wildman–Crippen MR) is 117 cm³/mol. The molecule has 1 aromatic carbocycles. The molecule has 28 heavy (non-hydrogen) atoms. The zero-order valence-corrected chi connectivity index (χ0v) is 18.3. The molecule has 0 unspecified atom stereocenters. The Labute approximate surface area is 179 Å². The van der Waals surface area contributed by atoms with Crippen molar-refractivity contribution in [1.29, 1.82) is 0 Å². The largest absolute Gasteiger partial charge is 0.342 e. The number of amides is 2. The third-order valence-electron chi connectivity index (χ3n) is 5.61. The first kappa shape index (κ1) is 23.0. The number of rotatable bonds is 5. The van der Waals surface area contributed by atoms with E-state index >= 15 is 0 Å². The van der Waals surface area contributed by atoms with Gasteiger partial charge in [-0.3, -0.25) is 9.59 Å². The lowest BCUT2D eigenvalue weighted by Gasteiger charge is -2.31. The van der Waals surface area contributed by atoms with Crippen LogP contribution in [0.1, 0.15) is 48.9 Å². The van der Waals surface area contributed by atoms with Crippen LogP contribution in [0.15, 0.2) is 29.2 Å². The molecule has 156 valence electrons. The Morgan fingerprint density at radius 2 is 1.86 bits per heavy atom. The van der Waals surface area contributed by atoms with Gasteiger partial charge < -0.3 is 15.1 Å². The van der Waals surface area contributed by atoms with Gasteiger partial charge >= 0.3 is 0 Å². The van der Waals surface area contributed by atoms with E-state index in [-0.39, 0.29) is 24.2 Å². The van der Waals surface area contributed by atoms with Crippen molar-refractivity contribution in [3.63, 3.8) is 0 Å². The van der Waals surface area contributed by atoms with E-state index < -0.39 is 0 Å². The Balaban J connectivity index is 0.00000280. The van der Waals surface area contributed by atoms with Crippen LogP contribution in [0.2, 0.25) is 0 Å². The minimum absolute atomic E-state index is 0. The average molecular weight is 426 g/mol. The lowest BCUT2D eigenvalue weighted by molar-refractivity contribution is -0.129. The summed E-state index contributed by atoms with van der Waals surface area (Å²) in [4.78, 5) is 30.4. The fourth-order valence-corrected chi connectivity index (χ4v) is 4.87. The fraction of sp³-hybridized carbons (Fsp3) is 0.619. The predicted octanol–water partition coefficient (Wildman–Crippen LogP) is 3.43. The topological polar surface area (TPSA) is 52.7 Å². The van der Waals surface area contributed by atoms with Gasteiger partial charge in [-0.1, -0.05) is 31.4 Å². The third kappa shape index (κ3) is 6.13. The van der Waals surface area contributed by atoms with Crippen molar-refractivity contribution >= 4 is 36.0 Å². The fourth-order valence-electron chi connectivity index (χ4n) is 3.90. The van der Waals surface area contributed by atoms with E-state index in [1.165, 1.54) is 31.0 Å². The van der Waals surface area contributed by atoms with Crippen molar-refractivity contribution in [2.45, 2.75) is 49.5 Å². The van der Waals surface area contributed by atoms with Gasteiger partial charge in [0.15, 0.2) is 0 Å². The lowest BCUT2D eigenvalue weighted by atomic mass is 9.94. The summed E-state index contributed by atoms with van der Waals surface area (Å²) in [5.74, 6) is 0.627. The molecule has 0 atom stereocenters. The highest BCUT2D eigenvalue weighted by Crippen LogP contribution is 2.26. The molecule has 7 heteroatoms. The summed E-state index contributed by atoms with van der Waals surface area (Å²) < 4.78 is 0. The van der Waals surface area contributed by atoms with Gasteiger partial charge in [0.25, 0.3) is 5.91 Å². The molecule has 1 saturated carbocycles. The van der Waals surface area contributed by atoms with E-state index in [1.54, 1.807) is 0 Å². The van der Waals surface area contributed by atoms with Crippen LogP contribution in [0.3, 0.4) is 0 Å². The van der Waals surface area contributed by atoms with Crippen molar-refractivity contribution in [2.24, 2.45) is 0 Å². The van der Waals surface area contributed by atoms with Crippen molar-refractivity contribution < 1.29 is 9.59 Å². The van der Waals surface area contributed by atoms with Crippen LogP contribution >= 0.6 is 24.2 Å². The summed E-state index contributed by atoms with van der Waals surface area (Å²) in [5, 5.41) is 3.33. The van der Waals surface area contributed by atoms with E-state index in [4.69, 9.17) is 0 Å². The van der Waals surface area contributed by atoms with E-state index in [2.05, 4.69) is 5.32 Å². The molecule has 2 fully saturated rings. The monoisotopic (exact) mass is 425 g/mol. The van der Waals surface area contributed by atoms with Gasteiger partial charge in [-0.2, -0.15) is 0 Å². The highest BCUT2D eigenvalue weighted by atomic mass is 35.5. The molecule has 1 aromatic rings. The number of nitrogens with one attached hydrogen (secondary N) is 1. The second-order valence-corrected chi connectivity index (χ2v) is 8.49. The smallest absolute Gasteiger partial charge is 0.255 e. The molecule has 1 saturated heterocycles. The molecule has 1 heterocycles. The standard InChI is InChI=1S/C21H31N3O2S.ClH/c1-23(17-8-3-2-4-9-17)20(25)16-27-19-11-6-5-10-18(19)21(26)24-14-7-12-22-13-15-24;/h5-6,10-11,17,22H,2-4,7-9,12-16H2,1H3;1H. The van der Waals surface area contributed by atoms with E-state index in [0.29, 0.717) is 11.8 Å². The van der Waals surface area contributed by atoms with Crippen molar-refractivity contribution in [2.75, 3.05) is 39.0 Å². The van der Waals surface area contributed by atoms with Gasteiger partial charge in [-0.25, -0.2) is 0 Å². The molecular formula is C21H32ClN3O2S. The van der Waals surface area contributed by atoms with Crippen LogP contribution in [-0.4, -0.2) is 66.6 Å². The molecular weight excluding hydrogens is 394 g/mol. The number of hydrogen-bond acceptors (Lipinski definition) is 4. The number of hydrogen-bond donors (Lipinski definition) is 1. The summed E-state index contributed by atoms with van der Waals surface area (Å²) in [5.41, 5.74) is 0.720. The number of carbonyl (C=O) groups excluding carboxylic acids is 2. The molecule has 3 rings (SSSR count). The molecule has 1 aliphatic heterocycles.